The van der Waals surface area contributed by atoms with Crippen LogP contribution in [0.15, 0.2) is 18.2 Å². The Labute approximate surface area is 121 Å². The average molecular weight is 283 g/mol. The van der Waals surface area contributed by atoms with Crippen molar-refractivity contribution in [2.24, 2.45) is 0 Å². The quantitative estimate of drug-likeness (QED) is 0.464. The smallest absolute Gasteiger partial charge is 0.252 e. The van der Waals surface area contributed by atoms with E-state index < -0.39 is 5.24 Å². The molecule has 2 nitrogen and oxygen atoms in total. The van der Waals surface area contributed by atoms with E-state index in [0.717, 1.165) is 24.3 Å². The number of benzene rings is 1. The number of carbonyl (C=O) groups excluding carboxylic acids is 1. The van der Waals surface area contributed by atoms with Gasteiger partial charge in [-0.15, -0.1) is 0 Å². The normalized spacial score (nSPS) is 10.5. The second-order valence-electron chi connectivity index (χ2n) is 4.87. The predicted molar refractivity (Wildman–Crippen MR) is 80.2 cm³/mol. The molecular formula is C16H23ClO2. The molecular weight excluding hydrogens is 260 g/mol. The molecule has 0 aromatic heterocycles. The van der Waals surface area contributed by atoms with E-state index in [2.05, 4.69) is 6.92 Å². The lowest BCUT2D eigenvalue weighted by atomic mass is 10.1. The molecule has 0 unspecified atom stereocenters. The van der Waals surface area contributed by atoms with Crippen molar-refractivity contribution in [3.63, 3.8) is 0 Å². The second-order valence-corrected chi connectivity index (χ2v) is 5.21. The summed E-state index contributed by atoms with van der Waals surface area (Å²) >= 11 is 5.47. The maximum atomic E-state index is 11.1. The first-order valence-electron chi connectivity index (χ1n) is 7.08. The number of halogens is 1. The molecule has 3 heteroatoms. The van der Waals surface area contributed by atoms with Crippen LogP contribution in [0.4, 0.5) is 0 Å². The van der Waals surface area contributed by atoms with Gasteiger partial charge >= 0.3 is 0 Å². The van der Waals surface area contributed by atoms with Gasteiger partial charge in [-0.2, -0.15) is 0 Å². The number of carbonyl (C=O) groups is 1. The van der Waals surface area contributed by atoms with Crippen molar-refractivity contribution in [2.45, 2.75) is 52.4 Å². The van der Waals surface area contributed by atoms with Gasteiger partial charge in [0.05, 0.1) is 6.61 Å². The van der Waals surface area contributed by atoms with Crippen LogP contribution in [0.3, 0.4) is 0 Å². The Kier molecular flexibility index (Phi) is 7.57. The maximum absolute atomic E-state index is 11.1. The van der Waals surface area contributed by atoms with Gasteiger partial charge in [-0.05, 0) is 48.7 Å². The lowest BCUT2D eigenvalue weighted by molar-refractivity contribution is 0.108. The molecule has 19 heavy (non-hydrogen) atoms. The monoisotopic (exact) mass is 282 g/mol. The highest BCUT2D eigenvalue weighted by Gasteiger charge is 2.06. The van der Waals surface area contributed by atoms with Gasteiger partial charge in [-0.3, -0.25) is 4.79 Å². The van der Waals surface area contributed by atoms with Gasteiger partial charge in [-0.25, -0.2) is 0 Å². The molecule has 0 amide bonds. The van der Waals surface area contributed by atoms with Crippen molar-refractivity contribution in [2.75, 3.05) is 6.61 Å². The Hall–Kier alpha value is -1.02. The van der Waals surface area contributed by atoms with Crippen LogP contribution in [-0.2, 0) is 0 Å². The molecule has 0 bridgehead atoms. The number of aryl methyl sites for hydroxylation is 1. The second kappa shape index (κ2) is 8.98. The zero-order chi connectivity index (χ0) is 14.1. The van der Waals surface area contributed by atoms with Crippen molar-refractivity contribution >= 4 is 16.8 Å². The van der Waals surface area contributed by atoms with Crippen LogP contribution in [0, 0.1) is 6.92 Å². The van der Waals surface area contributed by atoms with E-state index in [1.807, 2.05) is 13.0 Å². The third-order valence-electron chi connectivity index (χ3n) is 3.18. The minimum atomic E-state index is -0.417. The van der Waals surface area contributed by atoms with Crippen LogP contribution < -0.4 is 4.74 Å². The third kappa shape index (κ3) is 6.11. The van der Waals surface area contributed by atoms with Crippen molar-refractivity contribution in [3.05, 3.63) is 29.3 Å². The zero-order valence-electron chi connectivity index (χ0n) is 11.9. The first kappa shape index (κ1) is 16.0. The standard InChI is InChI=1S/C16H23ClO2/c1-3-4-5-6-7-8-11-19-14-9-10-15(16(17)18)13(2)12-14/h9-10,12H,3-8,11H2,1-2H3. The molecule has 1 aromatic carbocycles. The van der Waals surface area contributed by atoms with Crippen LogP contribution >= 0.6 is 11.6 Å². The largest absolute Gasteiger partial charge is 0.494 e. The molecule has 106 valence electrons. The Bertz CT molecular complexity index is 402. The molecule has 1 aromatic rings. The highest BCUT2D eigenvalue weighted by atomic mass is 35.5. The van der Waals surface area contributed by atoms with Crippen LogP contribution in [0.1, 0.15) is 61.4 Å². The zero-order valence-corrected chi connectivity index (χ0v) is 12.6. The van der Waals surface area contributed by atoms with E-state index in [0.29, 0.717) is 5.56 Å². The Balaban J connectivity index is 2.26. The molecule has 0 fully saturated rings. The summed E-state index contributed by atoms with van der Waals surface area (Å²) in [6, 6.07) is 5.40. The van der Waals surface area contributed by atoms with Gasteiger partial charge < -0.3 is 4.74 Å². The predicted octanol–water partition coefficient (Wildman–Crippen LogP) is 5.11. The minimum absolute atomic E-state index is 0.417. The summed E-state index contributed by atoms with van der Waals surface area (Å²) in [5.41, 5.74) is 1.41. The van der Waals surface area contributed by atoms with Gasteiger partial charge in [0.15, 0.2) is 0 Å². The van der Waals surface area contributed by atoms with Gasteiger partial charge in [0, 0.05) is 5.56 Å². The summed E-state index contributed by atoms with van der Waals surface area (Å²) in [6.45, 7) is 4.83. The first-order chi connectivity index (χ1) is 9.15. The van der Waals surface area contributed by atoms with E-state index in [1.54, 1.807) is 12.1 Å². The van der Waals surface area contributed by atoms with Gasteiger partial charge in [0.1, 0.15) is 5.75 Å². The first-order valence-corrected chi connectivity index (χ1v) is 7.46. The molecule has 0 saturated heterocycles. The van der Waals surface area contributed by atoms with Crippen molar-refractivity contribution in [1.82, 2.24) is 0 Å². The molecule has 0 N–H and O–H groups in total. The third-order valence-corrected chi connectivity index (χ3v) is 3.38. The number of unbranched alkanes of at least 4 members (excludes halogenated alkanes) is 5. The molecule has 0 saturated carbocycles. The molecule has 0 heterocycles. The van der Waals surface area contributed by atoms with Crippen molar-refractivity contribution in [3.8, 4) is 5.75 Å². The van der Waals surface area contributed by atoms with E-state index in [1.165, 1.54) is 32.1 Å². The van der Waals surface area contributed by atoms with Gasteiger partial charge in [0.25, 0.3) is 5.24 Å². The lowest BCUT2D eigenvalue weighted by Gasteiger charge is -2.08. The topological polar surface area (TPSA) is 26.3 Å². The molecule has 0 atom stereocenters. The Morgan fingerprint density at radius 3 is 2.47 bits per heavy atom. The minimum Gasteiger partial charge on any atom is -0.494 e. The molecule has 0 spiro atoms. The molecule has 0 aliphatic heterocycles. The molecule has 0 radical (unpaired) electrons. The molecule has 0 aliphatic rings. The van der Waals surface area contributed by atoms with Crippen LogP contribution in [0.25, 0.3) is 0 Å². The summed E-state index contributed by atoms with van der Waals surface area (Å²) in [6.07, 6.45) is 7.52. The summed E-state index contributed by atoms with van der Waals surface area (Å²) in [5.74, 6) is 0.813. The number of hydrogen-bond acceptors (Lipinski definition) is 2. The van der Waals surface area contributed by atoms with Gasteiger partial charge in [-0.1, -0.05) is 39.0 Å². The highest BCUT2D eigenvalue weighted by molar-refractivity contribution is 6.67. The fourth-order valence-electron chi connectivity index (χ4n) is 2.02. The fourth-order valence-corrected chi connectivity index (χ4v) is 2.23. The summed E-state index contributed by atoms with van der Waals surface area (Å²) < 4.78 is 5.67. The van der Waals surface area contributed by atoms with E-state index in [-0.39, 0.29) is 0 Å². The van der Waals surface area contributed by atoms with E-state index >= 15 is 0 Å². The van der Waals surface area contributed by atoms with Crippen LogP contribution in [0.5, 0.6) is 5.75 Å². The Morgan fingerprint density at radius 1 is 1.16 bits per heavy atom. The maximum Gasteiger partial charge on any atom is 0.252 e. The summed E-state index contributed by atoms with van der Waals surface area (Å²) in [7, 11) is 0. The highest BCUT2D eigenvalue weighted by Crippen LogP contribution is 2.19. The Morgan fingerprint density at radius 2 is 1.84 bits per heavy atom. The molecule has 1 rings (SSSR count). The molecule has 0 aliphatic carbocycles. The number of hydrogen-bond donors (Lipinski definition) is 0. The number of rotatable bonds is 9. The van der Waals surface area contributed by atoms with Crippen molar-refractivity contribution in [1.29, 1.82) is 0 Å². The van der Waals surface area contributed by atoms with E-state index in [4.69, 9.17) is 16.3 Å². The van der Waals surface area contributed by atoms with Crippen molar-refractivity contribution < 1.29 is 9.53 Å². The van der Waals surface area contributed by atoms with E-state index in [9.17, 15) is 4.79 Å². The number of ether oxygens (including phenoxy) is 1. The SMILES string of the molecule is CCCCCCCCOc1ccc(C(=O)Cl)c(C)c1. The van der Waals surface area contributed by atoms with Crippen LogP contribution in [0.2, 0.25) is 0 Å². The fraction of sp³-hybridized carbons (Fsp3) is 0.562. The average Bonchev–Trinajstić information content (AvgIpc) is 2.37. The summed E-state index contributed by atoms with van der Waals surface area (Å²) in [5, 5.41) is -0.417. The van der Waals surface area contributed by atoms with Crippen LogP contribution in [-0.4, -0.2) is 11.8 Å². The van der Waals surface area contributed by atoms with Gasteiger partial charge in [0.2, 0.25) is 0 Å². The summed E-state index contributed by atoms with van der Waals surface area (Å²) in [4.78, 5) is 11.1. The lowest BCUT2D eigenvalue weighted by Crippen LogP contribution is -1.99.